The maximum absolute atomic E-state index is 13.1. The highest BCUT2D eigenvalue weighted by atomic mass is 32.2. The third-order valence-electron chi connectivity index (χ3n) is 5.26. The summed E-state index contributed by atoms with van der Waals surface area (Å²) >= 11 is 1.47. The third kappa shape index (κ3) is 3.42. The van der Waals surface area contributed by atoms with Gasteiger partial charge in [-0.2, -0.15) is 0 Å². The van der Waals surface area contributed by atoms with Gasteiger partial charge in [-0.05, 0) is 36.3 Å². The fourth-order valence-corrected chi connectivity index (χ4v) is 4.61. The van der Waals surface area contributed by atoms with E-state index in [0.717, 1.165) is 29.9 Å². The van der Waals surface area contributed by atoms with Gasteiger partial charge < -0.3 is 19.8 Å². The predicted octanol–water partition coefficient (Wildman–Crippen LogP) is 3.46. The number of allylic oxidation sites excluding steroid dienone is 2. The molecule has 4 rings (SSSR count). The number of Topliss-reactive ketones (excluding diaryl/α,β-unsaturated/α-hetero) is 1. The predicted molar refractivity (Wildman–Crippen MR) is 112 cm³/mol. The lowest BCUT2D eigenvalue weighted by Gasteiger charge is -2.33. The van der Waals surface area contributed by atoms with E-state index in [4.69, 9.17) is 9.47 Å². The third-order valence-corrected chi connectivity index (χ3v) is 6.01. The van der Waals surface area contributed by atoms with Crippen LogP contribution in [0.3, 0.4) is 0 Å². The van der Waals surface area contributed by atoms with Crippen molar-refractivity contribution in [3.05, 3.63) is 50.9 Å². The second-order valence-electron chi connectivity index (χ2n) is 6.91. The van der Waals surface area contributed by atoms with E-state index in [0.29, 0.717) is 40.0 Å². The smallest absolute Gasteiger partial charge is 0.257 e. The van der Waals surface area contributed by atoms with Gasteiger partial charge in [-0.1, -0.05) is 24.8 Å². The van der Waals surface area contributed by atoms with E-state index in [1.165, 1.54) is 11.8 Å². The molecular weight excluding hydrogens is 390 g/mol. The van der Waals surface area contributed by atoms with Crippen molar-refractivity contribution >= 4 is 23.4 Å². The molecule has 0 radical (unpaired) electrons. The lowest BCUT2D eigenvalue weighted by molar-refractivity contribution is -0.116. The number of hydrogen-bond acceptors (Lipinski definition) is 7. The number of benzene rings is 1. The molecule has 152 valence electrons. The molecule has 0 saturated carbocycles. The van der Waals surface area contributed by atoms with Gasteiger partial charge in [0.15, 0.2) is 22.4 Å². The molecule has 2 aliphatic rings. The van der Waals surface area contributed by atoms with Gasteiger partial charge in [0.1, 0.15) is 5.82 Å². The summed E-state index contributed by atoms with van der Waals surface area (Å²) in [5, 5.41) is 3.85. The van der Waals surface area contributed by atoms with Gasteiger partial charge >= 0.3 is 0 Å². The second kappa shape index (κ2) is 7.94. The lowest BCUT2D eigenvalue weighted by atomic mass is 9.76. The molecule has 0 fully saturated rings. The number of carbonyl (C=O) groups is 1. The first-order valence-corrected chi connectivity index (χ1v) is 10.6. The van der Waals surface area contributed by atoms with Crippen LogP contribution in [0.15, 0.2) is 39.4 Å². The Morgan fingerprint density at radius 1 is 1.17 bits per heavy atom. The minimum absolute atomic E-state index is 0.0654. The van der Waals surface area contributed by atoms with Gasteiger partial charge in [0, 0.05) is 23.6 Å². The molecule has 1 aromatic carbocycles. The topological polar surface area (TPSA) is 93.3 Å². The van der Waals surface area contributed by atoms with Crippen molar-refractivity contribution in [2.45, 2.75) is 37.3 Å². The first kappa shape index (κ1) is 19.6. The molecule has 2 heterocycles. The Morgan fingerprint density at radius 2 is 1.97 bits per heavy atom. The number of aromatic nitrogens is 2. The van der Waals surface area contributed by atoms with E-state index in [2.05, 4.69) is 15.3 Å². The summed E-state index contributed by atoms with van der Waals surface area (Å²) in [5.41, 5.74) is 2.55. The number of nitrogens with one attached hydrogen (secondary N) is 2. The molecule has 8 heteroatoms. The lowest BCUT2D eigenvalue weighted by Crippen LogP contribution is -2.32. The van der Waals surface area contributed by atoms with Crippen LogP contribution in [0, 0.1) is 0 Å². The van der Waals surface area contributed by atoms with E-state index >= 15 is 0 Å². The van der Waals surface area contributed by atoms with E-state index in [1.807, 2.05) is 19.1 Å². The molecule has 0 saturated heterocycles. The number of hydrogen-bond donors (Lipinski definition) is 2. The Bertz CT molecular complexity index is 1060. The molecule has 1 atom stereocenters. The van der Waals surface area contributed by atoms with Crippen LogP contribution in [-0.2, 0) is 4.79 Å². The molecule has 1 unspecified atom stereocenters. The molecule has 1 aromatic heterocycles. The number of H-pyrrole nitrogens is 1. The molecule has 1 aliphatic heterocycles. The molecule has 1 aliphatic carbocycles. The fraction of sp³-hybridized carbons (Fsp3) is 0.381. The number of thioether (sulfide) groups is 1. The Labute approximate surface area is 172 Å². The molecule has 7 nitrogen and oxygen atoms in total. The minimum atomic E-state index is -0.495. The van der Waals surface area contributed by atoms with Crippen molar-refractivity contribution in [3.63, 3.8) is 0 Å². The molecule has 2 N–H and O–H groups in total. The molecule has 0 bridgehead atoms. The Morgan fingerprint density at radius 3 is 2.69 bits per heavy atom. The first-order chi connectivity index (χ1) is 14.1. The maximum atomic E-state index is 13.1. The van der Waals surface area contributed by atoms with E-state index in [1.54, 1.807) is 20.3 Å². The number of fused-ring (bicyclic) bond motifs is 1. The molecule has 0 amide bonds. The van der Waals surface area contributed by atoms with Crippen LogP contribution >= 0.6 is 11.8 Å². The number of carbonyl (C=O) groups excluding carboxylic acids is 1. The molecular formula is C21H23N3O4S. The largest absolute Gasteiger partial charge is 0.493 e. The van der Waals surface area contributed by atoms with Crippen molar-refractivity contribution in [3.8, 4) is 11.5 Å². The van der Waals surface area contributed by atoms with Crippen molar-refractivity contribution < 1.29 is 14.3 Å². The van der Waals surface area contributed by atoms with Crippen LogP contribution < -0.4 is 20.3 Å². The molecule has 2 aromatic rings. The summed E-state index contributed by atoms with van der Waals surface area (Å²) in [6, 6.07) is 5.51. The van der Waals surface area contributed by atoms with Crippen LogP contribution in [0.1, 0.15) is 43.2 Å². The van der Waals surface area contributed by atoms with Gasteiger partial charge in [-0.3, -0.25) is 9.59 Å². The van der Waals surface area contributed by atoms with Crippen LogP contribution in [0.5, 0.6) is 11.5 Å². The van der Waals surface area contributed by atoms with Crippen molar-refractivity contribution in [2.75, 3.05) is 25.3 Å². The average Bonchev–Trinajstić information content (AvgIpc) is 2.72. The number of methoxy groups -OCH3 is 2. The van der Waals surface area contributed by atoms with Crippen molar-refractivity contribution in [2.24, 2.45) is 0 Å². The highest BCUT2D eigenvalue weighted by molar-refractivity contribution is 7.99. The zero-order valence-electron chi connectivity index (χ0n) is 16.6. The average molecular weight is 413 g/mol. The zero-order chi connectivity index (χ0) is 20.5. The van der Waals surface area contributed by atoms with Crippen LogP contribution in [0.4, 0.5) is 5.82 Å². The van der Waals surface area contributed by atoms with E-state index in [9.17, 15) is 9.59 Å². The van der Waals surface area contributed by atoms with Gasteiger partial charge in [0.05, 0.1) is 19.8 Å². The van der Waals surface area contributed by atoms with Crippen molar-refractivity contribution in [1.29, 1.82) is 0 Å². The summed E-state index contributed by atoms with van der Waals surface area (Å²) in [7, 11) is 3.14. The monoisotopic (exact) mass is 413 g/mol. The van der Waals surface area contributed by atoms with Crippen LogP contribution in [0.25, 0.3) is 0 Å². The fourth-order valence-electron chi connectivity index (χ4n) is 4.01. The summed E-state index contributed by atoms with van der Waals surface area (Å²) in [6.07, 6.45) is 2.03. The highest BCUT2D eigenvalue weighted by Gasteiger charge is 2.38. The number of rotatable bonds is 5. The minimum Gasteiger partial charge on any atom is -0.493 e. The number of aromatic amines is 1. The van der Waals surface area contributed by atoms with Gasteiger partial charge in [0.25, 0.3) is 5.56 Å². The second-order valence-corrected chi connectivity index (χ2v) is 8.16. The standard InChI is InChI=1S/C21H23N3O4S/c1-4-29-21-23-19-18(20(26)24-21)16(17-12(22-19)6-5-7-13(17)25)11-8-9-14(27-2)15(10-11)28-3/h8-10,16H,4-7H2,1-3H3,(H2,22,23,24,26). The van der Waals surface area contributed by atoms with Crippen LogP contribution in [-0.4, -0.2) is 35.7 Å². The molecule has 0 spiro atoms. The summed E-state index contributed by atoms with van der Waals surface area (Å²) in [5.74, 6) is 2.04. The number of ketones is 1. The Kier molecular flexibility index (Phi) is 5.36. The summed E-state index contributed by atoms with van der Waals surface area (Å²) in [4.78, 5) is 33.4. The number of nitrogens with zero attached hydrogens (tertiary/aromatic N) is 1. The van der Waals surface area contributed by atoms with E-state index < -0.39 is 5.92 Å². The van der Waals surface area contributed by atoms with Crippen LogP contribution in [0.2, 0.25) is 0 Å². The zero-order valence-corrected chi connectivity index (χ0v) is 17.4. The van der Waals surface area contributed by atoms with Gasteiger partial charge in [-0.25, -0.2) is 4.98 Å². The van der Waals surface area contributed by atoms with Crippen molar-refractivity contribution in [1.82, 2.24) is 9.97 Å². The Hall–Kier alpha value is -2.74. The number of anilines is 1. The molecule has 29 heavy (non-hydrogen) atoms. The summed E-state index contributed by atoms with van der Waals surface area (Å²) < 4.78 is 10.8. The quantitative estimate of drug-likeness (QED) is 0.573. The first-order valence-electron chi connectivity index (χ1n) is 9.59. The SMILES string of the molecule is CCSc1nc2c(c(=O)[nH]1)C(c1ccc(OC)c(OC)c1)C1=C(CCCC1=O)N2. The van der Waals surface area contributed by atoms with Gasteiger partial charge in [0.2, 0.25) is 0 Å². The highest BCUT2D eigenvalue weighted by Crippen LogP contribution is 2.45. The summed E-state index contributed by atoms with van der Waals surface area (Å²) in [6.45, 7) is 2.00. The normalized spacial score (nSPS) is 18.0. The Balaban J connectivity index is 1.94. The van der Waals surface area contributed by atoms with E-state index in [-0.39, 0.29) is 11.3 Å². The maximum Gasteiger partial charge on any atom is 0.257 e. The van der Waals surface area contributed by atoms with Gasteiger partial charge in [-0.15, -0.1) is 0 Å². The number of ether oxygens (including phenoxy) is 2.